The van der Waals surface area contributed by atoms with Crippen LogP contribution >= 0.6 is 11.8 Å². The van der Waals surface area contributed by atoms with E-state index in [0.717, 1.165) is 29.6 Å². The minimum atomic E-state index is -0.0315. The molecule has 0 aliphatic carbocycles. The van der Waals surface area contributed by atoms with Crippen LogP contribution in [0.2, 0.25) is 0 Å². The van der Waals surface area contributed by atoms with E-state index in [0.29, 0.717) is 11.7 Å². The van der Waals surface area contributed by atoms with E-state index in [9.17, 15) is 4.79 Å². The summed E-state index contributed by atoms with van der Waals surface area (Å²) in [5.74, 6) is 1.67. The maximum Gasteiger partial charge on any atom is 0.234 e. The number of amides is 1. The molecule has 0 unspecified atom stereocenters. The smallest absolute Gasteiger partial charge is 0.234 e. The summed E-state index contributed by atoms with van der Waals surface area (Å²) in [7, 11) is 0. The molecule has 124 valence electrons. The molecule has 6 heteroatoms. The van der Waals surface area contributed by atoms with Crippen molar-refractivity contribution < 1.29 is 4.79 Å². The predicted molar refractivity (Wildman–Crippen MR) is 94.9 cm³/mol. The topological polar surface area (TPSA) is 59.8 Å². The zero-order valence-corrected chi connectivity index (χ0v) is 15.0. The first-order chi connectivity index (χ1) is 11.0. The van der Waals surface area contributed by atoms with E-state index in [1.807, 2.05) is 19.1 Å². The van der Waals surface area contributed by atoms with E-state index in [-0.39, 0.29) is 5.91 Å². The summed E-state index contributed by atoms with van der Waals surface area (Å²) < 4.78 is 2.05. The van der Waals surface area contributed by atoms with E-state index >= 15 is 0 Å². The van der Waals surface area contributed by atoms with Crippen LogP contribution in [0.4, 0.5) is 5.69 Å². The Hall–Kier alpha value is -1.82. The van der Waals surface area contributed by atoms with Crippen LogP contribution in [-0.2, 0) is 11.3 Å². The molecule has 1 N–H and O–H groups in total. The van der Waals surface area contributed by atoms with Crippen LogP contribution in [0, 0.1) is 6.92 Å². The third-order valence-corrected chi connectivity index (χ3v) is 4.51. The molecule has 1 aromatic heterocycles. The molecular formula is C17H24N4OS. The fraction of sp³-hybridized carbons (Fsp3) is 0.471. The van der Waals surface area contributed by atoms with Crippen LogP contribution in [0.15, 0.2) is 29.4 Å². The Balaban J connectivity index is 1.90. The monoisotopic (exact) mass is 332 g/mol. The summed E-state index contributed by atoms with van der Waals surface area (Å²) in [6.45, 7) is 9.22. The lowest BCUT2D eigenvalue weighted by molar-refractivity contribution is -0.113. The maximum atomic E-state index is 12.1. The Bertz CT molecular complexity index is 649. The number of hydrogen-bond acceptors (Lipinski definition) is 4. The zero-order valence-electron chi connectivity index (χ0n) is 14.2. The van der Waals surface area contributed by atoms with Crippen molar-refractivity contribution in [1.29, 1.82) is 0 Å². The molecule has 1 heterocycles. The number of rotatable bonds is 7. The molecule has 0 radical (unpaired) electrons. The van der Waals surface area contributed by atoms with E-state index < -0.39 is 0 Å². The zero-order chi connectivity index (χ0) is 16.8. The largest absolute Gasteiger partial charge is 0.325 e. The van der Waals surface area contributed by atoms with Gasteiger partial charge in [0.2, 0.25) is 5.91 Å². The van der Waals surface area contributed by atoms with Crippen molar-refractivity contribution in [1.82, 2.24) is 14.8 Å². The number of anilines is 1. The molecule has 0 spiro atoms. The van der Waals surface area contributed by atoms with Gasteiger partial charge >= 0.3 is 0 Å². The number of hydrogen-bond donors (Lipinski definition) is 1. The lowest BCUT2D eigenvalue weighted by Gasteiger charge is -2.09. The van der Waals surface area contributed by atoms with Gasteiger partial charge in [-0.1, -0.05) is 44.7 Å². The first-order valence-corrected chi connectivity index (χ1v) is 8.92. The van der Waals surface area contributed by atoms with Gasteiger partial charge in [0.15, 0.2) is 5.16 Å². The van der Waals surface area contributed by atoms with Crippen LogP contribution in [-0.4, -0.2) is 26.4 Å². The molecule has 0 aliphatic rings. The predicted octanol–water partition coefficient (Wildman–Crippen LogP) is 3.85. The van der Waals surface area contributed by atoms with Crippen LogP contribution in [0.25, 0.3) is 0 Å². The molecular weight excluding hydrogens is 308 g/mol. The Morgan fingerprint density at radius 1 is 1.26 bits per heavy atom. The molecule has 0 aliphatic heterocycles. The highest BCUT2D eigenvalue weighted by Crippen LogP contribution is 2.19. The summed E-state index contributed by atoms with van der Waals surface area (Å²) in [5, 5.41) is 11.9. The lowest BCUT2D eigenvalue weighted by atomic mass is 10.0. The molecule has 23 heavy (non-hydrogen) atoms. The quantitative estimate of drug-likeness (QED) is 0.782. The average molecular weight is 332 g/mol. The van der Waals surface area contributed by atoms with Gasteiger partial charge in [-0.2, -0.15) is 0 Å². The summed E-state index contributed by atoms with van der Waals surface area (Å²) in [5.41, 5.74) is 2.09. The molecule has 0 atom stereocenters. The maximum absolute atomic E-state index is 12.1. The van der Waals surface area contributed by atoms with Gasteiger partial charge in [-0.3, -0.25) is 4.79 Å². The number of nitrogens with one attached hydrogen (secondary N) is 1. The van der Waals surface area contributed by atoms with Gasteiger partial charge in [-0.15, -0.1) is 10.2 Å². The van der Waals surface area contributed by atoms with E-state index in [2.05, 4.69) is 53.0 Å². The first-order valence-electron chi connectivity index (χ1n) is 7.93. The molecule has 0 saturated carbocycles. The Morgan fingerprint density at radius 3 is 2.57 bits per heavy atom. The second-order valence-corrected chi connectivity index (χ2v) is 6.74. The highest BCUT2D eigenvalue weighted by Gasteiger charge is 2.11. The highest BCUT2D eigenvalue weighted by atomic mass is 32.2. The van der Waals surface area contributed by atoms with Gasteiger partial charge in [0.25, 0.3) is 0 Å². The Kier molecular flexibility index (Phi) is 6.21. The molecule has 2 aromatic rings. The SMILES string of the molecule is CCCn1c(C)nnc1SCC(=O)Nc1ccc(C(C)C)cc1. The van der Waals surface area contributed by atoms with Crippen molar-refractivity contribution in [2.75, 3.05) is 11.1 Å². The van der Waals surface area contributed by atoms with Crippen molar-refractivity contribution in [2.45, 2.75) is 51.7 Å². The number of aromatic nitrogens is 3. The minimum absolute atomic E-state index is 0.0315. The third kappa shape index (κ3) is 4.82. The first kappa shape index (κ1) is 17.5. The van der Waals surface area contributed by atoms with Gasteiger partial charge in [-0.25, -0.2) is 0 Å². The van der Waals surface area contributed by atoms with Gasteiger partial charge in [0.1, 0.15) is 5.82 Å². The Morgan fingerprint density at radius 2 is 1.96 bits per heavy atom. The highest BCUT2D eigenvalue weighted by molar-refractivity contribution is 7.99. The standard InChI is InChI=1S/C17H24N4OS/c1-5-10-21-13(4)19-20-17(21)23-11-16(22)18-15-8-6-14(7-9-15)12(2)3/h6-9,12H,5,10-11H2,1-4H3,(H,18,22). The molecule has 1 amide bonds. The molecule has 5 nitrogen and oxygen atoms in total. The molecule has 0 saturated heterocycles. The van der Waals surface area contributed by atoms with Crippen molar-refractivity contribution in [3.05, 3.63) is 35.7 Å². The number of thioether (sulfide) groups is 1. The second kappa shape index (κ2) is 8.15. The average Bonchev–Trinajstić information content (AvgIpc) is 2.87. The van der Waals surface area contributed by atoms with Crippen LogP contribution in [0.5, 0.6) is 0 Å². The van der Waals surface area contributed by atoms with Crippen molar-refractivity contribution in [3.63, 3.8) is 0 Å². The molecule has 0 bridgehead atoms. The summed E-state index contributed by atoms with van der Waals surface area (Å²) in [4.78, 5) is 12.1. The summed E-state index contributed by atoms with van der Waals surface area (Å²) in [6.07, 6.45) is 1.01. The summed E-state index contributed by atoms with van der Waals surface area (Å²) >= 11 is 1.42. The molecule has 1 aromatic carbocycles. The van der Waals surface area contributed by atoms with E-state index in [4.69, 9.17) is 0 Å². The second-order valence-electron chi connectivity index (χ2n) is 5.79. The van der Waals surface area contributed by atoms with Crippen LogP contribution in [0.3, 0.4) is 0 Å². The normalized spacial score (nSPS) is 11.0. The van der Waals surface area contributed by atoms with Gasteiger partial charge in [-0.05, 0) is 37.0 Å². The minimum Gasteiger partial charge on any atom is -0.325 e. The van der Waals surface area contributed by atoms with Crippen molar-refractivity contribution >= 4 is 23.4 Å². The van der Waals surface area contributed by atoms with E-state index in [1.165, 1.54) is 17.3 Å². The third-order valence-electron chi connectivity index (χ3n) is 3.54. The van der Waals surface area contributed by atoms with Gasteiger partial charge in [0.05, 0.1) is 5.75 Å². The van der Waals surface area contributed by atoms with Gasteiger partial charge < -0.3 is 9.88 Å². The molecule has 2 rings (SSSR count). The number of carbonyl (C=O) groups is 1. The fourth-order valence-corrected chi connectivity index (χ4v) is 3.04. The molecule has 0 fully saturated rings. The van der Waals surface area contributed by atoms with E-state index in [1.54, 1.807) is 0 Å². The van der Waals surface area contributed by atoms with Crippen LogP contribution < -0.4 is 5.32 Å². The van der Waals surface area contributed by atoms with Crippen molar-refractivity contribution in [2.24, 2.45) is 0 Å². The number of nitrogens with zero attached hydrogens (tertiary/aromatic N) is 3. The fourth-order valence-electron chi connectivity index (χ4n) is 2.23. The lowest BCUT2D eigenvalue weighted by Crippen LogP contribution is -2.14. The number of benzene rings is 1. The van der Waals surface area contributed by atoms with Gasteiger partial charge in [0, 0.05) is 12.2 Å². The van der Waals surface area contributed by atoms with Crippen molar-refractivity contribution in [3.8, 4) is 0 Å². The van der Waals surface area contributed by atoms with Crippen LogP contribution in [0.1, 0.15) is 44.5 Å². The summed E-state index contributed by atoms with van der Waals surface area (Å²) in [6, 6.07) is 7.99. The number of carbonyl (C=O) groups excluding carboxylic acids is 1. The number of aryl methyl sites for hydroxylation is 1. The Labute approximate surface area is 141 Å².